The number of alkyl halides is 2. The maximum atomic E-state index is 14.6. The summed E-state index contributed by atoms with van der Waals surface area (Å²) in [5.74, 6) is -1.52. The Bertz CT molecular complexity index is 1540. The highest BCUT2D eigenvalue weighted by molar-refractivity contribution is 7.54. The van der Waals surface area contributed by atoms with Gasteiger partial charge in [-0.05, 0) is 39.8 Å². The van der Waals surface area contributed by atoms with Crippen LogP contribution in [-0.4, -0.2) is 72.2 Å². The first-order valence-electron chi connectivity index (χ1n) is 13.2. The predicted molar refractivity (Wildman–Crippen MR) is 152 cm³/mol. The molecular formula is C26H34ClFN5O8P. The lowest BCUT2D eigenvalue weighted by Gasteiger charge is -2.36. The average molecular weight is 630 g/mol. The third-order valence-electron chi connectivity index (χ3n) is 6.67. The molecule has 0 spiro atoms. The van der Waals surface area contributed by atoms with Crippen molar-refractivity contribution >= 4 is 42.3 Å². The fraction of sp³-hybridized carbons (Fsp3) is 0.538. The lowest BCUT2D eigenvalue weighted by molar-refractivity contribution is -0.151. The number of nitrogens with two attached hydrogens (primary N) is 1. The van der Waals surface area contributed by atoms with Gasteiger partial charge in [0.05, 0.1) is 24.5 Å². The van der Waals surface area contributed by atoms with Gasteiger partial charge >= 0.3 is 13.6 Å². The molecule has 0 radical (unpaired) electrons. The molecule has 1 aromatic carbocycles. The number of imidazole rings is 1. The smallest absolute Gasteiger partial charge is 0.380 e. The molecule has 0 amide bonds. The first-order valence-corrected chi connectivity index (χ1v) is 15.3. The summed E-state index contributed by atoms with van der Waals surface area (Å²) >= 11 is 6.66. The topological polar surface area (TPSA) is 181 Å². The zero-order valence-electron chi connectivity index (χ0n) is 23.7. The van der Waals surface area contributed by atoms with Crippen LogP contribution in [0.1, 0.15) is 40.8 Å². The Labute approximate surface area is 246 Å². The summed E-state index contributed by atoms with van der Waals surface area (Å²) in [4.78, 5) is 33.2. The van der Waals surface area contributed by atoms with Crippen molar-refractivity contribution < 1.29 is 37.4 Å². The predicted octanol–water partition coefficient (Wildman–Crippen LogP) is 3.56. The highest BCUT2D eigenvalue weighted by Gasteiger charge is 2.62. The van der Waals surface area contributed by atoms with Crippen molar-refractivity contribution in [1.29, 1.82) is 0 Å². The van der Waals surface area contributed by atoms with Crippen molar-refractivity contribution in [3.05, 3.63) is 47.0 Å². The largest absolute Gasteiger partial charge is 0.463 e. The Morgan fingerprint density at radius 3 is 2.62 bits per heavy atom. The van der Waals surface area contributed by atoms with E-state index >= 15 is 0 Å². The summed E-state index contributed by atoms with van der Waals surface area (Å²) in [5, 5.41) is 11.3. The summed E-state index contributed by atoms with van der Waals surface area (Å²) < 4.78 is 53.3. The van der Waals surface area contributed by atoms with Crippen LogP contribution in [0, 0.1) is 5.92 Å². The van der Waals surface area contributed by atoms with Gasteiger partial charge in [-0.2, -0.15) is 4.98 Å². The zero-order valence-corrected chi connectivity index (χ0v) is 25.3. The van der Waals surface area contributed by atoms with Crippen LogP contribution in [0.4, 0.5) is 10.3 Å². The summed E-state index contributed by atoms with van der Waals surface area (Å²) in [7, 11) is -4.20. The molecule has 16 heteroatoms. The van der Waals surface area contributed by atoms with Crippen LogP contribution in [0.5, 0.6) is 5.75 Å². The molecule has 0 saturated carbocycles. The Kier molecular flexibility index (Phi) is 9.06. The Morgan fingerprint density at radius 1 is 1.33 bits per heavy atom. The van der Waals surface area contributed by atoms with Crippen molar-refractivity contribution in [2.24, 2.45) is 5.92 Å². The number of benzene rings is 1. The fourth-order valence-electron chi connectivity index (χ4n) is 4.73. The van der Waals surface area contributed by atoms with Gasteiger partial charge in [-0.3, -0.25) is 23.7 Å². The molecule has 0 bridgehead atoms. The standard InChI is InChI=1S/C26H34ClFN5O8P/c1-14(2)38-22(36)15(3)11-42(37,40-16-9-7-6-8-10-16)41-25(4,5)19-18(34)26(27,12-28)23(39-19)33-13-30-17-20(33)31-24(29)32-21(17)35/h6-10,13-15,18-19,23,34H,11-12H2,1-5H3,(H3,29,31,32,35)/t15-,18+,19+,23-,26?,42?/m1/s1. The number of ether oxygens (including phenoxy) is 2. The number of esters is 1. The number of hydrogen-bond donors (Lipinski definition) is 3. The Hall–Kier alpha value is -3.03. The first kappa shape index (κ1) is 31.9. The first-order chi connectivity index (χ1) is 19.6. The van der Waals surface area contributed by atoms with Crippen LogP contribution in [-0.2, 0) is 23.4 Å². The van der Waals surface area contributed by atoms with Crippen molar-refractivity contribution in [2.75, 3.05) is 18.6 Å². The number of aromatic amines is 1. The van der Waals surface area contributed by atoms with E-state index in [9.17, 15) is 23.7 Å². The summed E-state index contributed by atoms with van der Waals surface area (Å²) in [6, 6.07) is 8.20. The second-order valence-electron chi connectivity index (χ2n) is 11.0. The van der Waals surface area contributed by atoms with Gasteiger partial charge in [-0.15, -0.1) is 11.6 Å². The molecule has 1 saturated heterocycles. The van der Waals surface area contributed by atoms with E-state index in [1.807, 2.05) is 0 Å². The number of para-hydroxylation sites is 1. The van der Waals surface area contributed by atoms with Crippen molar-refractivity contribution in [2.45, 2.75) is 69.6 Å². The van der Waals surface area contributed by atoms with Gasteiger partial charge in [-0.25, -0.2) is 13.9 Å². The molecule has 1 fully saturated rings. The molecule has 2 aromatic heterocycles. The van der Waals surface area contributed by atoms with Crippen molar-refractivity contribution in [3.63, 3.8) is 0 Å². The Balaban J connectivity index is 1.68. The van der Waals surface area contributed by atoms with E-state index in [0.29, 0.717) is 0 Å². The number of anilines is 1. The maximum Gasteiger partial charge on any atom is 0.380 e. The van der Waals surface area contributed by atoms with Crippen LogP contribution in [0.3, 0.4) is 0 Å². The van der Waals surface area contributed by atoms with Crippen LogP contribution >= 0.6 is 19.2 Å². The summed E-state index contributed by atoms with van der Waals surface area (Å²) in [6.07, 6.45) is -4.18. The third-order valence-corrected chi connectivity index (χ3v) is 9.42. The fourth-order valence-corrected chi connectivity index (χ4v) is 7.27. The minimum atomic E-state index is -4.20. The number of nitrogens with one attached hydrogen (secondary N) is 1. The van der Waals surface area contributed by atoms with Crippen LogP contribution in [0.2, 0.25) is 0 Å². The minimum Gasteiger partial charge on any atom is -0.463 e. The lowest BCUT2D eigenvalue weighted by Crippen LogP contribution is -2.50. The van der Waals surface area contributed by atoms with Crippen molar-refractivity contribution in [3.8, 4) is 5.75 Å². The molecular weight excluding hydrogens is 596 g/mol. The van der Waals surface area contributed by atoms with E-state index in [-0.39, 0.29) is 29.0 Å². The van der Waals surface area contributed by atoms with Gasteiger partial charge in [0, 0.05) is 0 Å². The Morgan fingerprint density at radius 2 is 2.00 bits per heavy atom. The van der Waals surface area contributed by atoms with Gasteiger partial charge in [0.25, 0.3) is 5.56 Å². The molecule has 42 heavy (non-hydrogen) atoms. The number of nitrogens with zero attached hydrogens (tertiary/aromatic N) is 3. The van der Waals surface area contributed by atoms with E-state index in [2.05, 4.69) is 15.0 Å². The van der Waals surface area contributed by atoms with E-state index in [4.69, 9.17) is 35.9 Å². The number of aromatic nitrogens is 4. The van der Waals surface area contributed by atoms with Crippen LogP contribution in [0.15, 0.2) is 41.5 Å². The number of rotatable bonds is 11. The number of aliphatic hydroxyl groups is 1. The van der Waals surface area contributed by atoms with E-state index in [0.717, 1.165) is 6.33 Å². The number of carbonyl (C=O) groups excluding carboxylic acids is 1. The third kappa shape index (κ3) is 6.32. The lowest BCUT2D eigenvalue weighted by atomic mass is 9.91. The second kappa shape index (κ2) is 11.9. The molecule has 1 aliphatic heterocycles. The molecule has 4 rings (SSSR count). The quantitative estimate of drug-likeness (QED) is 0.160. The average Bonchev–Trinajstić information content (AvgIpc) is 3.42. The van der Waals surface area contributed by atoms with E-state index in [1.54, 1.807) is 44.2 Å². The summed E-state index contributed by atoms with van der Waals surface area (Å²) in [6.45, 7) is 6.55. The molecule has 1 aliphatic rings. The number of carbonyl (C=O) groups is 1. The molecule has 4 N–H and O–H groups in total. The van der Waals surface area contributed by atoms with Crippen LogP contribution < -0.4 is 15.8 Å². The summed E-state index contributed by atoms with van der Waals surface area (Å²) in [5.41, 5.74) is 3.25. The number of aliphatic hydroxyl groups excluding tert-OH is 1. The SMILES string of the molecule is CC(C)OC(=O)[C@H](C)CP(=O)(Oc1ccccc1)OC(C)(C)[C@H]1O[C@@H](n2cnc3c(=O)[nH]c(N)nc32)C(Cl)(CF)[C@H]1O. The van der Waals surface area contributed by atoms with Gasteiger partial charge in [0.15, 0.2) is 17.4 Å². The van der Waals surface area contributed by atoms with Gasteiger partial charge in [-0.1, -0.05) is 25.1 Å². The molecule has 13 nitrogen and oxygen atoms in total. The number of nitrogen functional groups attached to an aromatic ring is 1. The maximum absolute atomic E-state index is 14.6. The van der Waals surface area contributed by atoms with Crippen LogP contribution in [0.25, 0.3) is 11.2 Å². The molecule has 6 atom stereocenters. The molecule has 0 aliphatic carbocycles. The van der Waals surface area contributed by atoms with Crippen molar-refractivity contribution in [1.82, 2.24) is 19.5 Å². The van der Waals surface area contributed by atoms with Gasteiger partial charge < -0.3 is 24.8 Å². The minimum absolute atomic E-state index is 0.0538. The molecule has 3 aromatic rings. The second-order valence-corrected chi connectivity index (χ2v) is 13.6. The zero-order chi connectivity index (χ0) is 31.0. The van der Waals surface area contributed by atoms with E-state index in [1.165, 1.54) is 25.3 Å². The normalized spacial score (nSPS) is 24.9. The van der Waals surface area contributed by atoms with E-state index < -0.39 is 66.7 Å². The number of halogens is 2. The monoisotopic (exact) mass is 629 g/mol. The highest BCUT2D eigenvalue weighted by atomic mass is 35.5. The number of fused-ring (bicyclic) bond motifs is 1. The number of hydrogen-bond acceptors (Lipinski definition) is 11. The molecule has 3 heterocycles. The molecule has 2 unspecified atom stereocenters. The molecule has 230 valence electrons. The van der Waals surface area contributed by atoms with Gasteiger partial charge in [0.2, 0.25) is 5.95 Å². The van der Waals surface area contributed by atoms with Gasteiger partial charge in [0.1, 0.15) is 35.1 Å². The number of H-pyrrole nitrogens is 1. The highest BCUT2D eigenvalue weighted by Crippen LogP contribution is 2.56.